The fraction of sp³-hybridized carbons (Fsp3) is 0.478. The van der Waals surface area contributed by atoms with E-state index in [4.69, 9.17) is 0 Å². The number of likely N-dealkylation sites (tertiary alicyclic amines) is 1. The molecule has 0 aromatic heterocycles. The van der Waals surface area contributed by atoms with Crippen LogP contribution >= 0.6 is 0 Å². The van der Waals surface area contributed by atoms with Crippen molar-refractivity contribution < 1.29 is 18.6 Å². The molecule has 1 aliphatic heterocycles. The van der Waals surface area contributed by atoms with E-state index in [0.717, 1.165) is 37.8 Å². The summed E-state index contributed by atoms with van der Waals surface area (Å²) >= 11 is 0. The first-order valence-corrected chi connectivity index (χ1v) is 12.3. The third-order valence-electron chi connectivity index (χ3n) is 6.34. The molecule has 162 valence electrons. The van der Waals surface area contributed by atoms with Crippen molar-refractivity contribution in [1.82, 2.24) is 4.90 Å². The Balaban J connectivity index is 1.30. The zero-order valence-corrected chi connectivity index (χ0v) is 18.1. The van der Waals surface area contributed by atoms with Crippen LogP contribution in [-0.2, 0) is 16.4 Å². The third kappa shape index (κ3) is 5.21. The second-order valence-corrected chi connectivity index (χ2v) is 10.8. The molecule has 7 heteroatoms. The minimum atomic E-state index is -3.31. The van der Waals surface area contributed by atoms with Crippen LogP contribution in [-0.4, -0.2) is 55.0 Å². The number of hydrogen-bond acceptors (Lipinski definition) is 5. The number of aliphatic hydroxyl groups excluding tert-OH is 1. The maximum atomic E-state index is 11.3. The number of β-amino-alcohol motifs (C(OH)–C–C–N with tert-alkyl or cyclic N) is 1. The number of fused-ring (bicyclic) bond motifs is 1. The maximum Gasteiger partial charge on any atom is 0.229 e. The van der Waals surface area contributed by atoms with Gasteiger partial charge < -0.3 is 10.2 Å². The van der Waals surface area contributed by atoms with Gasteiger partial charge in [-0.2, -0.15) is 0 Å². The average molecular weight is 431 g/mol. The van der Waals surface area contributed by atoms with Gasteiger partial charge in [-0.05, 0) is 47.9 Å². The lowest BCUT2D eigenvalue weighted by Crippen LogP contribution is -2.33. The Hall–Kier alpha value is -1.93. The van der Waals surface area contributed by atoms with Crippen LogP contribution in [0, 0.1) is 11.8 Å². The number of hydrogen-bond donors (Lipinski definition) is 3. The molecule has 4 rings (SSSR count). The monoisotopic (exact) mass is 430 g/mol. The van der Waals surface area contributed by atoms with E-state index in [9.17, 15) is 18.6 Å². The molecule has 3 N–H and O–H groups in total. The van der Waals surface area contributed by atoms with Crippen molar-refractivity contribution >= 4 is 15.7 Å². The second kappa shape index (κ2) is 8.30. The van der Waals surface area contributed by atoms with Crippen molar-refractivity contribution in [2.75, 3.05) is 30.6 Å². The Labute approximate surface area is 178 Å². The lowest BCUT2D eigenvalue weighted by atomic mass is 9.91. The highest BCUT2D eigenvalue weighted by atomic mass is 32.2. The number of nitrogens with one attached hydrogen (secondary N) is 1. The van der Waals surface area contributed by atoms with Crippen LogP contribution in [0.15, 0.2) is 54.6 Å². The predicted octanol–water partition coefficient (Wildman–Crippen LogP) is 2.41. The molecule has 1 saturated carbocycles. The Morgan fingerprint density at radius 2 is 1.67 bits per heavy atom. The van der Waals surface area contributed by atoms with Crippen LogP contribution in [0.25, 0.3) is 0 Å². The van der Waals surface area contributed by atoms with Crippen molar-refractivity contribution in [2.24, 2.45) is 11.8 Å². The lowest BCUT2D eigenvalue weighted by Gasteiger charge is -2.27. The number of aliphatic hydroxyl groups is 2. The van der Waals surface area contributed by atoms with Crippen molar-refractivity contribution in [1.29, 1.82) is 0 Å². The molecule has 2 fully saturated rings. The minimum Gasteiger partial charge on any atom is -0.390 e. The first kappa shape index (κ1) is 21.3. The van der Waals surface area contributed by atoms with Gasteiger partial charge in [-0.15, -0.1) is 0 Å². The Morgan fingerprint density at radius 3 is 2.23 bits per heavy atom. The molecular formula is C23H30N2O4S. The van der Waals surface area contributed by atoms with E-state index in [1.807, 2.05) is 18.2 Å². The van der Waals surface area contributed by atoms with E-state index in [-0.39, 0.29) is 0 Å². The summed E-state index contributed by atoms with van der Waals surface area (Å²) in [6.07, 6.45) is 2.81. The van der Waals surface area contributed by atoms with Crippen LogP contribution in [0.2, 0.25) is 0 Å². The zero-order valence-electron chi connectivity index (χ0n) is 17.2. The van der Waals surface area contributed by atoms with Gasteiger partial charge in [0.1, 0.15) is 0 Å². The van der Waals surface area contributed by atoms with E-state index in [1.165, 1.54) is 5.56 Å². The van der Waals surface area contributed by atoms with E-state index in [2.05, 4.69) is 21.8 Å². The van der Waals surface area contributed by atoms with Crippen molar-refractivity contribution in [2.45, 2.75) is 31.0 Å². The summed E-state index contributed by atoms with van der Waals surface area (Å²) in [6.45, 7) is 2.34. The largest absolute Gasteiger partial charge is 0.390 e. The summed E-state index contributed by atoms with van der Waals surface area (Å²) in [5, 5.41) is 21.7. The number of nitrogens with zero attached hydrogens (tertiary/aromatic N) is 1. The third-order valence-corrected chi connectivity index (χ3v) is 6.95. The highest BCUT2D eigenvalue weighted by Gasteiger charge is 2.48. The molecular weight excluding hydrogens is 400 g/mol. The Morgan fingerprint density at radius 1 is 1.07 bits per heavy atom. The predicted molar refractivity (Wildman–Crippen MR) is 118 cm³/mol. The number of anilines is 1. The first-order valence-electron chi connectivity index (χ1n) is 10.4. The molecule has 0 spiro atoms. The van der Waals surface area contributed by atoms with Crippen molar-refractivity contribution in [3.8, 4) is 0 Å². The SMILES string of the molecule is CS(=O)(=O)Nc1ccc(C(O)CN2C[C@@H]3CC(O)(Cc4ccccc4)C[C@@H]3C2)cc1. The zero-order chi connectivity index (χ0) is 21.4. The number of rotatable bonds is 7. The fourth-order valence-corrected chi connectivity index (χ4v) is 5.73. The second-order valence-electron chi connectivity index (χ2n) is 9.05. The summed E-state index contributed by atoms with van der Waals surface area (Å²) in [7, 11) is -3.31. The van der Waals surface area contributed by atoms with E-state index in [0.29, 0.717) is 30.5 Å². The molecule has 2 aromatic carbocycles. The normalized spacial score (nSPS) is 27.7. The van der Waals surface area contributed by atoms with Gasteiger partial charge in [-0.1, -0.05) is 42.5 Å². The van der Waals surface area contributed by atoms with Gasteiger partial charge in [-0.25, -0.2) is 8.42 Å². The van der Waals surface area contributed by atoms with Crippen LogP contribution in [0.4, 0.5) is 5.69 Å². The van der Waals surface area contributed by atoms with Crippen LogP contribution in [0.1, 0.15) is 30.1 Å². The minimum absolute atomic E-state index is 0.465. The van der Waals surface area contributed by atoms with Crippen LogP contribution < -0.4 is 4.72 Å². The molecule has 1 saturated heterocycles. The van der Waals surface area contributed by atoms with E-state index >= 15 is 0 Å². The van der Waals surface area contributed by atoms with Gasteiger partial charge in [0, 0.05) is 31.7 Å². The molecule has 0 amide bonds. The fourth-order valence-electron chi connectivity index (χ4n) is 5.16. The molecule has 0 bridgehead atoms. The molecule has 1 aliphatic carbocycles. The average Bonchev–Trinajstić information content (AvgIpc) is 3.15. The van der Waals surface area contributed by atoms with Gasteiger partial charge in [0.25, 0.3) is 0 Å². The van der Waals surface area contributed by atoms with Gasteiger partial charge in [0.05, 0.1) is 18.0 Å². The maximum absolute atomic E-state index is 11.3. The van der Waals surface area contributed by atoms with Crippen LogP contribution in [0.3, 0.4) is 0 Å². The van der Waals surface area contributed by atoms with E-state index in [1.54, 1.807) is 24.3 Å². The number of sulfonamides is 1. The first-order chi connectivity index (χ1) is 14.2. The van der Waals surface area contributed by atoms with E-state index < -0.39 is 21.7 Å². The van der Waals surface area contributed by atoms with Gasteiger partial charge in [0.15, 0.2) is 0 Å². The smallest absolute Gasteiger partial charge is 0.229 e. The van der Waals surface area contributed by atoms with Gasteiger partial charge in [0.2, 0.25) is 10.0 Å². The summed E-state index contributed by atoms with van der Waals surface area (Å²) in [4.78, 5) is 2.28. The standard InChI is InChI=1S/C23H30N2O4S/c1-30(28,29)24-21-9-7-18(8-10-21)22(26)16-25-14-19-12-23(27,13-20(19)15-25)11-17-5-3-2-4-6-17/h2-10,19-20,22,24,26-27H,11-16H2,1H3/t19-,20+,22?,23?. The highest BCUT2D eigenvalue weighted by molar-refractivity contribution is 7.92. The number of benzene rings is 2. The summed E-state index contributed by atoms with van der Waals surface area (Å²) in [5.41, 5.74) is 1.82. The molecule has 30 heavy (non-hydrogen) atoms. The Kier molecular flexibility index (Phi) is 5.90. The lowest BCUT2D eigenvalue weighted by molar-refractivity contribution is 0.0328. The molecule has 6 nitrogen and oxygen atoms in total. The summed E-state index contributed by atoms with van der Waals surface area (Å²) < 4.78 is 25.0. The van der Waals surface area contributed by atoms with Gasteiger partial charge >= 0.3 is 0 Å². The topological polar surface area (TPSA) is 89.9 Å². The van der Waals surface area contributed by atoms with Gasteiger partial charge in [-0.3, -0.25) is 9.62 Å². The Bertz CT molecular complexity index is 948. The van der Waals surface area contributed by atoms with Crippen molar-refractivity contribution in [3.05, 3.63) is 65.7 Å². The molecule has 2 unspecified atom stereocenters. The molecule has 0 radical (unpaired) electrons. The van der Waals surface area contributed by atoms with Crippen LogP contribution in [0.5, 0.6) is 0 Å². The molecule has 2 aromatic rings. The highest BCUT2D eigenvalue weighted by Crippen LogP contribution is 2.45. The van der Waals surface area contributed by atoms with Crippen molar-refractivity contribution in [3.63, 3.8) is 0 Å². The summed E-state index contributed by atoms with van der Waals surface area (Å²) in [5.74, 6) is 0.930. The molecule has 4 atom stereocenters. The molecule has 1 heterocycles. The summed E-state index contributed by atoms with van der Waals surface area (Å²) in [6, 6.07) is 17.0. The quantitative estimate of drug-likeness (QED) is 0.628. The molecule has 2 aliphatic rings.